The second kappa shape index (κ2) is 18.2. The van der Waals surface area contributed by atoms with Crippen LogP contribution in [0.15, 0.2) is 60.7 Å². The molecule has 1 saturated heterocycles. The van der Waals surface area contributed by atoms with Crippen LogP contribution in [0.2, 0.25) is 5.04 Å². The molecule has 40 heavy (non-hydrogen) atoms. The Kier molecular flexibility index (Phi) is 15.0. The average molecular weight is 567 g/mol. The number of hydrogen-bond donors (Lipinski definition) is 0. The van der Waals surface area contributed by atoms with Gasteiger partial charge in [0.05, 0.1) is 12.2 Å². The summed E-state index contributed by atoms with van der Waals surface area (Å²) < 4.78 is 7.05. The molecule has 0 spiro atoms. The summed E-state index contributed by atoms with van der Waals surface area (Å²) in [6.07, 6.45) is 21.4. The average Bonchev–Trinajstić information content (AvgIpc) is 3.41. The fraction of sp³-hybridized carbons (Fsp3) is 0.667. The lowest BCUT2D eigenvalue weighted by Gasteiger charge is -2.43. The van der Waals surface area contributed by atoms with Gasteiger partial charge in [0.25, 0.3) is 8.32 Å². The van der Waals surface area contributed by atoms with Crippen molar-refractivity contribution in [2.24, 2.45) is 0 Å². The molecule has 1 fully saturated rings. The molecule has 2 unspecified atom stereocenters. The zero-order valence-corrected chi connectivity index (χ0v) is 27.2. The Balaban J connectivity index is 1.34. The Morgan fingerprint density at radius 3 is 1.50 bits per heavy atom. The van der Waals surface area contributed by atoms with Crippen LogP contribution in [0.3, 0.4) is 0 Å². The Labute approximate surface area is 247 Å². The number of hydrogen-bond acceptors (Lipinski definition) is 3. The van der Waals surface area contributed by atoms with E-state index in [1.165, 1.54) is 93.8 Å². The number of benzene rings is 2. The molecule has 2 atom stereocenters. The van der Waals surface area contributed by atoms with Crippen molar-refractivity contribution in [2.75, 3.05) is 6.61 Å². The smallest absolute Gasteiger partial charge is 0.261 e. The minimum Gasteiger partial charge on any atom is -0.407 e. The van der Waals surface area contributed by atoms with Gasteiger partial charge in [0.2, 0.25) is 0 Å². The van der Waals surface area contributed by atoms with Crippen LogP contribution in [0.4, 0.5) is 0 Å². The topological polar surface area (TPSA) is 27.7 Å². The highest BCUT2D eigenvalue weighted by Gasteiger charge is 2.50. The minimum atomic E-state index is -2.49. The molecule has 0 aromatic heterocycles. The van der Waals surface area contributed by atoms with Crippen molar-refractivity contribution in [3.63, 3.8) is 0 Å². The lowest BCUT2D eigenvalue weighted by molar-refractivity contribution is -0.298. The van der Waals surface area contributed by atoms with Crippen LogP contribution in [-0.4, -0.2) is 27.1 Å². The largest absolute Gasteiger partial charge is 0.407 e. The third-order valence-corrected chi connectivity index (χ3v) is 13.7. The fourth-order valence-electron chi connectivity index (χ4n) is 6.36. The first-order chi connectivity index (χ1) is 19.5. The quantitative estimate of drug-likeness (QED) is 0.0907. The Hall–Kier alpha value is -1.46. The van der Waals surface area contributed by atoms with Crippen LogP contribution in [-0.2, 0) is 14.2 Å². The molecule has 3 nitrogen and oxygen atoms in total. The van der Waals surface area contributed by atoms with E-state index in [2.05, 4.69) is 88.4 Å². The second-order valence-electron chi connectivity index (χ2n) is 13.0. The van der Waals surface area contributed by atoms with Crippen molar-refractivity contribution in [2.45, 2.75) is 148 Å². The molecule has 0 bridgehead atoms. The molecule has 1 aliphatic rings. The Morgan fingerprint density at radius 1 is 0.625 bits per heavy atom. The maximum atomic E-state index is 7.05. The first-order valence-corrected chi connectivity index (χ1v) is 18.5. The molecule has 0 radical (unpaired) electrons. The van der Waals surface area contributed by atoms with E-state index in [1.54, 1.807) is 0 Å². The maximum Gasteiger partial charge on any atom is 0.261 e. The van der Waals surface area contributed by atoms with Gasteiger partial charge >= 0.3 is 0 Å². The van der Waals surface area contributed by atoms with Gasteiger partial charge in [-0.3, -0.25) is 0 Å². The first kappa shape index (κ1) is 33.0. The summed E-state index contributed by atoms with van der Waals surface area (Å²) in [5, 5.41) is 2.66. The number of rotatable bonds is 20. The predicted molar refractivity (Wildman–Crippen MR) is 173 cm³/mol. The third-order valence-electron chi connectivity index (χ3n) is 8.66. The van der Waals surface area contributed by atoms with Gasteiger partial charge in [-0.05, 0) is 28.3 Å². The lowest BCUT2D eigenvalue weighted by Crippen LogP contribution is -2.66. The zero-order chi connectivity index (χ0) is 28.5. The molecular weight excluding hydrogens is 508 g/mol. The Morgan fingerprint density at radius 2 is 1.05 bits per heavy atom. The third kappa shape index (κ3) is 10.4. The molecule has 0 N–H and O–H groups in total. The van der Waals surface area contributed by atoms with Crippen LogP contribution in [0, 0.1) is 0 Å². The van der Waals surface area contributed by atoms with Crippen molar-refractivity contribution in [3.8, 4) is 0 Å². The highest BCUT2D eigenvalue weighted by Crippen LogP contribution is 2.37. The summed E-state index contributed by atoms with van der Waals surface area (Å²) in [5.74, 6) is 0. The monoisotopic (exact) mass is 566 g/mol. The van der Waals surface area contributed by atoms with Gasteiger partial charge < -0.3 is 4.43 Å². The first-order valence-electron chi connectivity index (χ1n) is 16.5. The van der Waals surface area contributed by atoms with E-state index in [1.807, 2.05) is 0 Å². The zero-order valence-electron chi connectivity index (χ0n) is 26.2. The standard InChI is InChI=1S/C36H58O3Si/c1-5-6-7-8-9-10-11-12-13-14-15-16-19-24-32-31-33(39-38-32)29-30-37-40(36(2,3)4,34-25-20-17-21-26-34)35-27-22-18-23-28-35/h17-18,20-23,25-28,32-33H,5-16,19,24,29-31H2,1-4H3. The highest BCUT2D eigenvalue weighted by atomic mass is 28.4. The van der Waals surface area contributed by atoms with E-state index in [0.29, 0.717) is 6.61 Å². The van der Waals surface area contributed by atoms with Gasteiger partial charge in [0, 0.05) is 13.0 Å². The molecule has 2 aromatic carbocycles. The van der Waals surface area contributed by atoms with Crippen LogP contribution >= 0.6 is 0 Å². The van der Waals surface area contributed by atoms with E-state index >= 15 is 0 Å². The van der Waals surface area contributed by atoms with Crippen molar-refractivity contribution in [3.05, 3.63) is 60.7 Å². The Bertz CT molecular complexity index is 856. The van der Waals surface area contributed by atoms with E-state index < -0.39 is 8.32 Å². The van der Waals surface area contributed by atoms with Crippen LogP contribution < -0.4 is 10.4 Å². The van der Waals surface area contributed by atoms with Crippen molar-refractivity contribution < 1.29 is 14.2 Å². The summed E-state index contributed by atoms with van der Waals surface area (Å²) in [6, 6.07) is 21.8. The fourth-order valence-corrected chi connectivity index (χ4v) is 10.9. The summed E-state index contributed by atoms with van der Waals surface area (Å²) >= 11 is 0. The van der Waals surface area contributed by atoms with E-state index in [0.717, 1.165) is 19.3 Å². The van der Waals surface area contributed by atoms with Crippen molar-refractivity contribution in [1.82, 2.24) is 0 Å². The lowest BCUT2D eigenvalue weighted by atomic mass is 10.0. The van der Waals surface area contributed by atoms with Crippen LogP contribution in [0.5, 0.6) is 0 Å². The van der Waals surface area contributed by atoms with E-state index in [9.17, 15) is 0 Å². The van der Waals surface area contributed by atoms with Gasteiger partial charge in [0.1, 0.15) is 0 Å². The van der Waals surface area contributed by atoms with Gasteiger partial charge in [-0.15, -0.1) is 0 Å². The maximum absolute atomic E-state index is 7.05. The predicted octanol–water partition coefficient (Wildman–Crippen LogP) is 9.52. The van der Waals surface area contributed by atoms with E-state index in [-0.39, 0.29) is 17.2 Å². The summed E-state index contributed by atoms with van der Waals surface area (Å²) in [6.45, 7) is 9.98. The molecular formula is C36H58O3Si. The van der Waals surface area contributed by atoms with Crippen molar-refractivity contribution in [1.29, 1.82) is 0 Å². The molecule has 1 aliphatic heterocycles. The van der Waals surface area contributed by atoms with Crippen LogP contribution in [0.1, 0.15) is 130 Å². The molecule has 224 valence electrons. The SMILES string of the molecule is CCCCCCCCCCCCCCCC1CC(CCO[Si](c2ccccc2)(c2ccccc2)C(C)(C)C)OO1. The highest BCUT2D eigenvalue weighted by molar-refractivity contribution is 6.99. The molecule has 2 aromatic rings. The molecule has 4 heteroatoms. The van der Waals surface area contributed by atoms with Gasteiger partial charge in [-0.1, -0.05) is 172 Å². The molecule has 0 aliphatic carbocycles. The summed E-state index contributed by atoms with van der Waals surface area (Å²) in [7, 11) is -2.49. The molecule has 1 heterocycles. The number of unbranched alkanes of at least 4 members (excludes halogenated alkanes) is 12. The van der Waals surface area contributed by atoms with Crippen LogP contribution in [0.25, 0.3) is 0 Å². The van der Waals surface area contributed by atoms with Gasteiger partial charge in [-0.2, -0.15) is 0 Å². The van der Waals surface area contributed by atoms with Crippen molar-refractivity contribution >= 4 is 18.7 Å². The summed E-state index contributed by atoms with van der Waals surface area (Å²) in [4.78, 5) is 11.5. The van der Waals surface area contributed by atoms with Gasteiger partial charge in [-0.25, -0.2) is 9.78 Å². The minimum absolute atomic E-state index is 0.000475. The molecule has 0 amide bonds. The van der Waals surface area contributed by atoms with Gasteiger partial charge in [0.15, 0.2) is 0 Å². The summed E-state index contributed by atoms with van der Waals surface area (Å²) in [5.41, 5.74) is 0. The second-order valence-corrected chi connectivity index (χ2v) is 17.3. The van der Waals surface area contributed by atoms with E-state index in [4.69, 9.17) is 14.2 Å². The molecule has 0 saturated carbocycles. The molecule has 3 rings (SSSR count). The normalized spacial score (nSPS) is 17.9.